The van der Waals surface area contributed by atoms with Crippen LogP contribution in [0.2, 0.25) is 0 Å². The quantitative estimate of drug-likeness (QED) is 0.500. The molecule has 1 amide bonds. The van der Waals surface area contributed by atoms with E-state index in [4.69, 9.17) is 4.74 Å². The van der Waals surface area contributed by atoms with Crippen LogP contribution in [0.25, 0.3) is 11.3 Å². The molecule has 1 aliphatic rings. The van der Waals surface area contributed by atoms with E-state index in [1.165, 1.54) is 11.8 Å². The number of carbonyl (C=O) groups excluding carboxylic acids is 1. The molecule has 5 nitrogen and oxygen atoms in total. The summed E-state index contributed by atoms with van der Waals surface area (Å²) in [6.07, 6.45) is 4.24. The number of imidazole rings is 1. The van der Waals surface area contributed by atoms with Crippen molar-refractivity contribution in [3.8, 4) is 11.3 Å². The highest BCUT2D eigenvalue weighted by Crippen LogP contribution is 2.31. The fourth-order valence-electron chi connectivity index (χ4n) is 3.91. The minimum atomic E-state index is -0.284. The van der Waals surface area contributed by atoms with Gasteiger partial charge in [0.1, 0.15) is 0 Å². The number of aromatic nitrogens is 2. The first-order valence-corrected chi connectivity index (χ1v) is 11.7. The lowest BCUT2D eigenvalue weighted by Crippen LogP contribution is -2.24. The van der Waals surface area contributed by atoms with Gasteiger partial charge in [0.25, 0.3) is 0 Å². The minimum absolute atomic E-state index is 0.0182. The number of rotatable bonds is 7. The minimum Gasteiger partial charge on any atom is -0.376 e. The molecule has 1 aromatic heterocycles. The first-order valence-electron chi connectivity index (χ1n) is 10.8. The summed E-state index contributed by atoms with van der Waals surface area (Å²) in [5.74, 6) is -0.0182. The van der Waals surface area contributed by atoms with Gasteiger partial charge < -0.3 is 14.6 Å². The van der Waals surface area contributed by atoms with Gasteiger partial charge >= 0.3 is 0 Å². The molecule has 2 heterocycles. The van der Waals surface area contributed by atoms with Crippen molar-refractivity contribution in [3.05, 3.63) is 65.9 Å². The molecule has 162 valence electrons. The molecular weight excluding hydrogens is 406 g/mol. The van der Waals surface area contributed by atoms with Crippen molar-refractivity contribution in [1.82, 2.24) is 9.55 Å². The van der Waals surface area contributed by atoms with Gasteiger partial charge in [-0.15, -0.1) is 0 Å². The van der Waals surface area contributed by atoms with Gasteiger partial charge in [-0.2, -0.15) is 0 Å². The number of para-hydroxylation sites is 1. The van der Waals surface area contributed by atoms with Crippen LogP contribution < -0.4 is 5.32 Å². The van der Waals surface area contributed by atoms with E-state index < -0.39 is 0 Å². The molecule has 0 radical (unpaired) electrons. The molecule has 1 N–H and O–H groups in total. The zero-order chi connectivity index (χ0) is 21.8. The van der Waals surface area contributed by atoms with Gasteiger partial charge in [0.15, 0.2) is 5.16 Å². The third-order valence-corrected chi connectivity index (χ3v) is 6.78. The van der Waals surface area contributed by atoms with Crippen LogP contribution in [0.15, 0.2) is 59.9 Å². The normalized spacial score (nSPS) is 16.9. The van der Waals surface area contributed by atoms with E-state index in [0.29, 0.717) is 0 Å². The molecule has 1 fully saturated rings. The molecule has 2 atom stereocenters. The third-order valence-electron chi connectivity index (χ3n) is 5.68. The van der Waals surface area contributed by atoms with Crippen LogP contribution in [0, 0.1) is 13.8 Å². The summed E-state index contributed by atoms with van der Waals surface area (Å²) in [4.78, 5) is 17.6. The second-order valence-electron chi connectivity index (χ2n) is 8.05. The summed E-state index contributed by atoms with van der Waals surface area (Å²) in [5, 5.41) is 3.67. The maximum absolute atomic E-state index is 13.0. The monoisotopic (exact) mass is 435 g/mol. The highest BCUT2D eigenvalue weighted by atomic mass is 32.2. The molecule has 1 aliphatic heterocycles. The number of thioether (sulfide) groups is 1. The summed E-state index contributed by atoms with van der Waals surface area (Å²) in [7, 11) is 0. The summed E-state index contributed by atoms with van der Waals surface area (Å²) in [6.45, 7) is 7.53. The number of hydrogen-bond acceptors (Lipinski definition) is 4. The van der Waals surface area contributed by atoms with Gasteiger partial charge in [-0.3, -0.25) is 4.79 Å². The highest BCUT2D eigenvalue weighted by molar-refractivity contribution is 8.00. The number of amides is 1. The predicted molar refractivity (Wildman–Crippen MR) is 127 cm³/mol. The second-order valence-corrected chi connectivity index (χ2v) is 9.36. The zero-order valence-electron chi connectivity index (χ0n) is 18.3. The van der Waals surface area contributed by atoms with Gasteiger partial charge in [-0.05, 0) is 50.3 Å². The first-order chi connectivity index (χ1) is 15.0. The van der Waals surface area contributed by atoms with E-state index in [0.717, 1.165) is 59.2 Å². The van der Waals surface area contributed by atoms with Crippen LogP contribution in [-0.4, -0.2) is 33.4 Å². The number of carbonyl (C=O) groups is 1. The van der Waals surface area contributed by atoms with Crippen LogP contribution >= 0.6 is 11.8 Å². The van der Waals surface area contributed by atoms with Crippen molar-refractivity contribution in [2.75, 3.05) is 11.9 Å². The molecule has 31 heavy (non-hydrogen) atoms. The smallest absolute Gasteiger partial charge is 0.237 e. The molecule has 2 aromatic carbocycles. The average Bonchev–Trinajstić information content (AvgIpc) is 3.42. The van der Waals surface area contributed by atoms with E-state index in [-0.39, 0.29) is 17.3 Å². The number of anilines is 1. The van der Waals surface area contributed by atoms with E-state index in [1.807, 2.05) is 63.4 Å². The molecule has 1 saturated heterocycles. The fraction of sp³-hybridized carbons (Fsp3) is 0.360. The van der Waals surface area contributed by atoms with E-state index >= 15 is 0 Å². The van der Waals surface area contributed by atoms with E-state index in [9.17, 15) is 4.79 Å². The Bertz CT molecular complexity index is 1020. The zero-order valence-corrected chi connectivity index (χ0v) is 19.1. The summed E-state index contributed by atoms with van der Waals surface area (Å²) < 4.78 is 8.10. The Morgan fingerprint density at radius 3 is 2.61 bits per heavy atom. The van der Waals surface area contributed by atoms with Gasteiger partial charge in [0.05, 0.1) is 29.8 Å². The Balaban J connectivity index is 1.55. The van der Waals surface area contributed by atoms with Gasteiger partial charge in [0, 0.05) is 12.3 Å². The molecule has 0 spiro atoms. The van der Waals surface area contributed by atoms with Crippen molar-refractivity contribution in [2.24, 2.45) is 0 Å². The predicted octanol–water partition coefficient (Wildman–Crippen LogP) is 5.47. The average molecular weight is 436 g/mol. The Morgan fingerprint density at radius 2 is 1.94 bits per heavy atom. The van der Waals surface area contributed by atoms with Crippen LogP contribution in [0.1, 0.15) is 30.9 Å². The maximum atomic E-state index is 13.0. The molecule has 3 aromatic rings. The number of nitrogens with one attached hydrogen (secondary N) is 1. The third kappa shape index (κ3) is 5.02. The number of ether oxygens (including phenoxy) is 1. The first kappa shape index (κ1) is 21.7. The summed E-state index contributed by atoms with van der Waals surface area (Å²) in [5.41, 5.74) is 5.20. The van der Waals surface area contributed by atoms with Gasteiger partial charge in [-0.1, -0.05) is 60.3 Å². The topological polar surface area (TPSA) is 56.2 Å². The molecule has 6 heteroatoms. The van der Waals surface area contributed by atoms with Gasteiger partial charge in [0.2, 0.25) is 5.91 Å². The van der Waals surface area contributed by atoms with Crippen LogP contribution in [0.4, 0.5) is 5.69 Å². The standard InChI is InChI=1S/C25H29N3O2S/c1-17-9-7-10-18(2)23(17)27-24(29)19(3)31-25-26-15-22(20-11-5-4-6-12-20)28(25)16-21-13-8-14-30-21/h4-7,9-12,15,19,21H,8,13-14,16H2,1-3H3,(H,27,29). The van der Waals surface area contributed by atoms with Crippen molar-refractivity contribution in [2.45, 2.75) is 56.7 Å². The van der Waals surface area contributed by atoms with E-state index in [1.54, 1.807) is 0 Å². The SMILES string of the molecule is Cc1cccc(C)c1NC(=O)C(C)Sc1ncc(-c2ccccc2)n1CC1CCCO1. The fourth-order valence-corrected chi connectivity index (χ4v) is 4.80. The second kappa shape index (κ2) is 9.71. The maximum Gasteiger partial charge on any atom is 0.237 e. The lowest BCUT2D eigenvalue weighted by atomic mass is 10.1. The molecule has 0 aliphatic carbocycles. The van der Waals surface area contributed by atoms with Crippen LogP contribution in [0.5, 0.6) is 0 Å². The Hall–Kier alpha value is -2.57. The Morgan fingerprint density at radius 1 is 1.19 bits per heavy atom. The molecule has 0 bridgehead atoms. The lowest BCUT2D eigenvalue weighted by molar-refractivity contribution is -0.115. The molecule has 2 unspecified atom stereocenters. The molecule has 0 saturated carbocycles. The van der Waals surface area contributed by atoms with E-state index in [2.05, 4.69) is 27.0 Å². The van der Waals surface area contributed by atoms with Crippen molar-refractivity contribution in [3.63, 3.8) is 0 Å². The number of aryl methyl sites for hydroxylation is 2. The van der Waals surface area contributed by atoms with Crippen molar-refractivity contribution < 1.29 is 9.53 Å². The Kier molecular flexibility index (Phi) is 6.78. The Labute approximate surface area is 188 Å². The number of nitrogens with zero attached hydrogens (tertiary/aromatic N) is 2. The van der Waals surface area contributed by atoms with Crippen LogP contribution in [0.3, 0.4) is 0 Å². The molecular formula is C25H29N3O2S. The van der Waals surface area contributed by atoms with Crippen LogP contribution in [-0.2, 0) is 16.1 Å². The largest absolute Gasteiger partial charge is 0.376 e. The molecule has 4 rings (SSSR count). The lowest BCUT2D eigenvalue weighted by Gasteiger charge is -2.18. The summed E-state index contributed by atoms with van der Waals surface area (Å²) >= 11 is 1.49. The summed E-state index contributed by atoms with van der Waals surface area (Å²) in [6, 6.07) is 16.3. The van der Waals surface area contributed by atoms with Crippen molar-refractivity contribution in [1.29, 1.82) is 0 Å². The number of hydrogen-bond donors (Lipinski definition) is 1. The van der Waals surface area contributed by atoms with Crippen molar-refractivity contribution >= 4 is 23.4 Å². The number of benzene rings is 2. The highest BCUT2D eigenvalue weighted by Gasteiger charge is 2.24. The van der Waals surface area contributed by atoms with Gasteiger partial charge in [-0.25, -0.2) is 4.98 Å².